The summed E-state index contributed by atoms with van der Waals surface area (Å²) < 4.78 is 41.7. The van der Waals surface area contributed by atoms with Crippen LogP contribution in [0.15, 0.2) is 64.1 Å². The van der Waals surface area contributed by atoms with Gasteiger partial charge in [-0.15, -0.1) is 0 Å². The Labute approximate surface area is 478 Å². The molecule has 448 valence electrons. The zero-order valence-electron chi connectivity index (χ0n) is 48.0. The Balaban J connectivity index is 1.05. The van der Waals surface area contributed by atoms with Crippen molar-refractivity contribution >= 4 is 52.3 Å². The van der Waals surface area contributed by atoms with Crippen LogP contribution in [-0.4, -0.2) is 204 Å². The van der Waals surface area contributed by atoms with E-state index in [1.807, 2.05) is 81.0 Å². The SMILES string of the molecule is C[C@@H]1NC(=O)N[C@@H]1CCCCCC(=O)NCCOCCOCCOCCNC(=O)CCN(CCOCCOCCOCCN=[N+]=[N-])C(=O)CCNC(=O)c1ccc(C(=O)O)c(-c2c3ccc(=[N+](C)C)cc-3oc3cc(N(C)C)ccc23)c1. The van der Waals surface area contributed by atoms with Crippen LogP contribution in [0.5, 0.6) is 0 Å². The Morgan fingerprint density at radius 1 is 0.707 bits per heavy atom. The van der Waals surface area contributed by atoms with Crippen LogP contribution in [0.2, 0.25) is 0 Å². The Kier molecular flexibility index (Phi) is 28.9. The molecular weight excluding hydrogens is 1060 g/mol. The van der Waals surface area contributed by atoms with Gasteiger partial charge in [0, 0.05) is 123 Å². The molecule has 0 aromatic heterocycles. The highest BCUT2D eigenvalue weighted by Gasteiger charge is 2.27. The van der Waals surface area contributed by atoms with Crippen molar-refractivity contribution in [3.63, 3.8) is 0 Å². The Hall–Kier alpha value is -7.38. The van der Waals surface area contributed by atoms with Crippen LogP contribution in [0, 0.1) is 0 Å². The number of azide groups is 1. The molecule has 25 nitrogen and oxygen atoms in total. The molecule has 0 saturated carbocycles. The lowest BCUT2D eigenvalue weighted by Gasteiger charge is -2.23. The number of nitrogens with one attached hydrogen (secondary N) is 5. The summed E-state index contributed by atoms with van der Waals surface area (Å²) in [6.45, 7) is 6.56. The number of benzene rings is 3. The predicted molar refractivity (Wildman–Crippen MR) is 308 cm³/mol. The van der Waals surface area contributed by atoms with Gasteiger partial charge >= 0.3 is 12.0 Å². The van der Waals surface area contributed by atoms with Crippen LogP contribution >= 0.6 is 0 Å². The van der Waals surface area contributed by atoms with Crippen LogP contribution in [0.4, 0.5) is 10.5 Å². The zero-order chi connectivity index (χ0) is 59.1. The molecule has 0 bridgehead atoms. The third-order valence-electron chi connectivity index (χ3n) is 13.3. The van der Waals surface area contributed by atoms with Gasteiger partial charge in [0.1, 0.15) is 25.4 Å². The molecule has 1 saturated heterocycles. The first-order valence-electron chi connectivity index (χ1n) is 27.9. The van der Waals surface area contributed by atoms with Crippen molar-refractivity contribution in [2.75, 3.05) is 152 Å². The van der Waals surface area contributed by atoms with E-state index >= 15 is 0 Å². The van der Waals surface area contributed by atoms with Crippen molar-refractivity contribution in [3.05, 3.63) is 81.5 Å². The van der Waals surface area contributed by atoms with Crippen LogP contribution in [0.1, 0.15) is 72.6 Å². The monoisotopic (exact) mass is 1140 g/mol. The van der Waals surface area contributed by atoms with Crippen molar-refractivity contribution in [2.45, 2.75) is 64.0 Å². The standard InChI is InChI=1S/C57H81N11O14/c1-40-48(64-57(75)63-40)9-7-6-8-10-51(69)59-20-25-76-29-33-80-34-30-77-26-21-60-52(70)18-23-68(24-28-79-32-36-81-35-31-78-27-22-62-65-58)53(71)17-19-61-55(72)41-11-14-44(56(73)74)47(37-41)54-45-15-12-42(66(2)3)38-49(45)82-50-39-43(67(4)5)13-16-46(50)54/h11-16,37-40,48H,6-10,17-36H2,1-5H3,(H5-,59,60,61,63,64,69,70,72,73,74,75)/p+1/t40-,48+/m0/s1. The number of urea groups is 1. The smallest absolute Gasteiger partial charge is 0.336 e. The van der Waals surface area contributed by atoms with E-state index in [4.69, 9.17) is 38.4 Å². The lowest BCUT2D eigenvalue weighted by Crippen LogP contribution is -2.39. The molecule has 1 fully saturated rings. The van der Waals surface area contributed by atoms with Crippen molar-refractivity contribution in [2.24, 2.45) is 5.11 Å². The molecule has 2 heterocycles. The fourth-order valence-corrected chi connectivity index (χ4v) is 8.84. The van der Waals surface area contributed by atoms with Gasteiger partial charge in [0.25, 0.3) is 5.91 Å². The molecule has 2 aromatic rings. The average Bonchev–Trinajstić information content (AvgIpc) is 3.94. The maximum Gasteiger partial charge on any atom is 0.336 e. The highest BCUT2D eigenvalue weighted by molar-refractivity contribution is 6.09. The maximum atomic E-state index is 13.8. The number of hydrogen-bond acceptors (Lipinski definition) is 15. The largest absolute Gasteiger partial charge is 0.478 e. The number of carboxylic acids is 1. The number of ether oxygens (including phenoxy) is 6. The fourth-order valence-electron chi connectivity index (χ4n) is 8.84. The number of aromatic carboxylic acids is 1. The lowest BCUT2D eigenvalue weighted by molar-refractivity contribution is -0.132. The molecule has 0 unspecified atom stereocenters. The van der Waals surface area contributed by atoms with Gasteiger partial charge in [0.15, 0.2) is 0 Å². The molecule has 2 aromatic carbocycles. The van der Waals surface area contributed by atoms with Gasteiger partial charge in [-0.2, -0.15) is 0 Å². The highest BCUT2D eigenvalue weighted by atomic mass is 16.5. The number of carboxylic acid groups (broad SMARTS) is 1. The Bertz CT molecular complexity index is 2800. The van der Waals surface area contributed by atoms with E-state index in [1.54, 1.807) is 6.07 Å². The van der Waals surface area contributed by atoms with Crippen molar-refractivity contribution in [3.8, 4) is 22.5 Å². The number of anilines is 1. The topological polar surface area (TPSA) is 310 Å². The van der Waals surface area contributed by atoms with E-state index in [0.717, 1.165) is 36.7 Å². The first-order valence-corrected chi connectivity index (χ1v) is 27.9. The number of unbranched alkanes of at least 4 members (excludes halogenated alkanes) is 2. The third kappa shape index (κ3) is 22.5. The van der Waals surface area contributed by atoms with Gasteiger partial charge in [0.2, 0.25) is 23.1 Å². The van der Waals surface area contributed by atoms with E-state index in [-0.39, 0.29) is 126 Å². The normalized spacial score (nSPS) is 13.7. The van der Waals surface area contributed by atoms with Crippen LogP contribution in [0.25, 0.3) is 43.9 Å². The second-order valence-electron chi connectivity index (χ2n) is 19.8. The molecule has 2 aliphatic heterocycles. The maximum absolute atomic E-state index is 13.8. The molecule has 0 spiro atoms. The van der Waals surface area contributed by atoms with Crippen molar-refractivity contribution < 1.29 is 66.7 Å². The molecule has 5 rings (SSSR count). The first kappa shape index (κ1) is 65.4. The number of carbonyl (C=O) groups excluding carboxylic acids is 5. The van der Waals surface area contributed by atoms with Crippen molar-refractivity contribution in [1.29, 1.82) is 0 Å². The fraction of sp³-hybridized carbons (Fsp3) is 0.561. The number of hydrogen-bond donors (Lipinski definition) is 6. The quantitative estimate of drug-likeness (QED) is 0.00916. The first-order chi connectivity index (χ1) is 39.7. The minimum atomic E-state index is -1.17. The summed E-state index contributed by atoms with van der Waals surface area (Å²) in [5.41, 5.74) is 11.5. The van der Waals surface area contributed by atoms with Crippen LogP contribution in [-0.2, 0) is 42.8 Å². The molecule has 1 aliphatic carbocycles. The third-order valence-corrected chi connectivity index (χ3v) is 13.3. The second-order valence-corrected chi connectivity index (χ2v) is 19.8. The number of carbonyl (C=O) groups is 6. The second kappa shape index (κ2) is 36.2. The lowest BCUT2D eigenvalue weighted by atomic mass is 9.89. The van der Waals surface area contributed by atoms with Gasteiger partial charge in [-0.05, 0) is 67.3 Å². The molecule has 82 heavy (non-hydrogen) atoms. The molecule has 2 atom stereocenters. The average molecular weight is 1150 g/mol. The van der Waals surface area contributed by atoms with Gasteiger partial charge in [0.05, 0.1) is 97.0 Å². The van der Waals surface area contributed by atoms with Crippen molar-refractivity contribution in [1.82, 2.24) is 36.1 Å². The summed E-state index contributed by atoms with van der Waals surface area (Å²) in [5, 5.41) is 29.6. The Morgan fingerprint density at radius 3 is 1.98 bits per heavy atom. The van der Waals surface area contributed by atoms with E-state index in [9.17, 15) is 33.9 Å². The predicted octanol–water partition coefficient (Wildman–Crippen LogP) is 4.00. The number of fused-ring (bicyclic) bond motifs is 2. The molecule has 0 radical (unpaired) electrons. The minimum absolute atomic E-state index is 0.00357. The summed E-state index contributed by atoms with van der Waals surface area (Å²) in [4.78, 5) is 82.9. The summed E-state index contributed by atoms with van der Waals surface area (Å²) in [7, 11) is 7.65. The van der Waals surface area contributed by atoms with E-state index in [1.165, 1.54) is 17.0 Å². The molecule has 6 amide bonds. The van der Waals surface area contributed by atoms with E-state index < -0.39 is 11.9 Å². The van der Waals surface area contributed by atoms with Gasteiger partial charge in [-0.3, -0.25) is 19.2 Å². The van der Waals surface area contributed by atoms with Crippen LogP contribution in [0.3, 0.4) is 0 Å². The summed E-state index contributed by atoms with van der Waals surface area (Å²) in [6.07, 6.45) is 3.87. The summed E-state index contributed by atoms with van der Waals surface area (Å²) in [5.74, 6) is -1.80. The summed E-state index contributed by atoms with van der Waals surface area (Å²) >= 11 is 0. The van der Waals surface area contributed by atoms with Gasteiger partial charge < -0.3 is 74.3 Å². The highest BCUT2D eigenvalue weighted by Crippen LogP contribution is 2.42. The molecule has 6 N–H and O–H groups in total. The molecule has 25 heteroatoms. The van der Waals surface area contributed by atoms with Crippen LogP contribution < -0.4 is 41.4 Å². The van der Waals surface area contributed by atoms with Gasteiger partial charge in [-0.1, -0.05) is 18.0 Å². The zero-order valence-corrected chi connectivity index (χ0v) is 48.0. The number of rotatable bonds is 40. The Morgan fingerprint density at radius 2 is 1.35 bits per heavy atom. The molecule has 3 aliphatic rings. The number of nitrogens with zero attached hydrogens (tertiary/aromatic N) is 6. The van der Waals surface area contributed by atoms with Gasteiger partial charge in [-0.25, -0.2) is 14.2 Å². The molecular formula is C57H82N11O14+. The summed E-state index contributed by atoms with van der Waals surface area (Å²) in [6, 6.07) is 15.9. The minimum Gasteiger partial charge on any atom is -0.478 e. The van der Waals surface area contributed by atoms with E-state index in [0.29, 0.717) is 92.6 Å². The number of amides is 6. The van der Waals surface area contributed by atoms with E-state index in [2.05, 4.69) is 36.6 Å².